The number of nitro groups is 1. The van der Waals surface area contributed by atoms with Crippen molar-refractivity contribution in [1.82, 2.24) is 0 Å². The highest BCUT2D eigenvalue weighted by atomic mass is 16.6. The van der Waals surface area contributed by atoms with Gasteiger partial charge in [-0.2, -0.15) is 5.26 Å². The Balaban J connectivity index is 3.24. The number of aliphatic hydroxyl groups excluding tert-OH is 1. The normalized spacial score (nSPS) is 9.56. The van der Waals surface area contributed by atoms with Crippen LogP contribution in [0.5, 0.6) is 0 Å². The summed E-state index contributed by atoms with van der Waals surface area (Å²) in [7, 11) is 0. The average molecular weight is 247 g/mol. The monoisotopic (exact) mass is 247 g/mol. The van der Waals surface area contributed by atoms with E-state index in [0.717, 1.165) is 0 Å². The maximum absolute atomic E-state index is 11.0. The molecule has 18 heavy (non-hydrogen) atoms. The molecule has 0 aliphatic carbocycles. The van der Waals surface area contributed by atoms with Crippen molar-refractivity contribution < 1.29 is 10.0 Å². The zero-order valence-corrected chi connectivity index (χ0v) is 9.74. The van der Waals surface area contributed by atoms with Crippen molar-refractivity contribution in [2.75, 3.05) is 24.6 Å². The van der Waals surface area contributed by atoms with Gasteiger partial charge in [-0.25, -0.2) is 0 Å². The van der Waals surface area contributed by atoms with Gasteiger partial charge in [0.2, 0.25) is 0 Å². The Morgan fingerprint density at radius 2 is 2.33 bits per heavy atom. The van der Waals surface area contributed by atoms with Crippen LogP contribution >= 0.6 is 0 Å². The number of nitriles is 1. The van der Waals surface area contributed by atoms with Gasteiger partial charge in [-0.1, -0.05) is 6.08 Å². The molecule has 0 unspecified atom stereocenters. The summed E-state index contributed by atoms with van der Waals surface area (Å²) in [5.74, 6) is 0. The number of aliphatic hydroxyl groups is 1. The Labute approximate surface area is 105 Å². The number of nitro benzene ring substituents is 1. The quantitative estimate of drug-likeness (QED) is 0.466. The van der Waals surface area contributed by atoms with Crippen LogP contribution in [0.2, 0.25) is 0 Å². The van der Waals surface area contributed by atoms with Gasteiger partial charge in [-0.3, -0.25) is 10.1 Å². The molecule has 1 rings (SSSR count). The second-order valence-corrected chi connectivity index (χ2v) is 3.53. The predicted molar refractivity (Wildman–Crippen MR) is 67.3 cm³/mol. The van der Waals surface area contributed by atoms with E-state index in [2.05, 4.69) is 6.58 Å². The van der Waals surface area contributed by atoms with Crippen LogP contribution in [0, 0.1) is 21.4 Å². The highest BCUT2D eigenvalue weighted by molar-refractivity contribution is 5.65. The van der Waals surface area contributed by atoms with Gasteiger partial charge in [0.05, 0.1) is 23.2 Å². The molecular formula is C12H13N3O3. The van der Waals surface area contributed by atoms with Crippen LogP contribution in [0.1, 0.15) is 5.56 Å². The number of nitrogens with zero attached hydrogens (tertiary/aromatic N) is 3. The van der Waals surface area contributed by atoms with Crippen LogP contribution in [0.25, 0.3) is 0 Å². The van der Waals surface area contributed by atoms with Crippen LogP contribution in [0.3, 0.4) is 0 Å². The van der Waals surface area contributed by atoms with Crippen LogP contribution in [0.4, 0.5) is 11.4 Å². The highest BCUT2D eigenvalue weighted by Crippen LogP contribution is 2.28. The van der Waals surface area contributed by atoms with E-state index in [9.17, 15) is 10.1 Å². The lowest BCUT2D eigenvalue weighted by Gasteiger charge is -2.21. The average Bonchev–Trinajstić information content (AvgIpc) is 2.37. The molecule has 0 aliphatic rings. The third-order valence-electron chi connectivity index (χ3n) is 2.36. The summed E-state index contributed by atoms with van der Waals surface area (Å²) in [6.45, 7) is 4.10. The maximum atomic E-state index is 11.0. The molecule has 1 aromatic carbocycles. The molecule has 0 bridgehead atoms. The second-order valence-electron chi connectivity index (χ2n) is 3.53. The first kappa shape index (κ1) is 13.7. The fourth-order valence-electron chi connectivity index (χ4n) is 1.59. The van der Waals surface area contributed by atoms with Gasteiger partial charge in [0.15, 0.2) is 0 Å². The molecule has 0 aromatic heterocycles. The van der Waals surface area contributed by atoms with Crippen molar-refractivity contribution >= 4 is 11.4 Å². The van der Waals surface area contributed by atoms with Crippen LogP contribution in [-0.2, 0) is 0 Å². The lowest BCUT2D eigenvalue weighted by atomic mass is 10.1. The van der Waals surface area contributed by atoms with E-state index in [1.807, 2.05) is 6.07 Å². The van der Waals surface area contributed by atoms with Crippen molar-refractivity contribution in [2.24, 2.45) is 0 Å². The third-order valence-corrected chi connectivity index (χ3v) is 2.36. The summed E-state index contributed by atoms with van der Waals surface area (Å²) < 4.78 is 0. The van der Waals surface area contributed by atoms with Gasteiger partial charge in [0, 0.05) is 19.2 Å². The molecule has 6 heteroatoms. The third kappa shape index (κ3) is 3.06. The molecule has 0 saturated carbocycles. The molecule has 0 saturated heterocycles. The van der Waals surface area contributed by atoms with Crippen molar-refractivity contribution in [3.8, 4) is 6.07 Å². The summed E-state index contributed by atoms with van der Waals surface area (Å²) in [5.41, 5.74) is 0.449. The van der Waals surface area contributed by atoms with Gasteiger partial charge in [-0.15, -0.1) is 6.58 Å². The van der Waals surface area contributed by atoms with Gasteiger partial charge >= 0.3 is 0 Å². The summed E-state index contributed by atoms with van der Waals surface area (Å²) in [6.07, 6.45) is 1.59. The van der Waals surface area contributed by atoms with Crippen molar-refractivity contribution in [3.05, 3.63) is 46.5 Å². The first-order valence-electron chi connectivity index (χ1n) is 5.29. The fourth-order valence-corrected chi connectivity index (χ4v) is 1.59. The van der Waals surface area contributed by atoms with Gasteiger partial charge < -0.3 is 10.0 Å². The minimum Gasteiger partial charge on any atom is -0.395 e. The molecule has 0 spiro atoms. The molecule has 0 fully saturated rings. The molecule has 94 valence electrons. The van der Waals surface area contributed by atoms with Crippen molar-refractivity contribution in [1.29, 1.82) is 5.26 Å². The Morgan fingerprint density at radius 1 is 1.61 bits per heavy atom. The first-order chi connectivity index (χ1) is 8.63. The van der Waals surface area contributed by atoms with Crippen molar-refractivity contribution in [2.45, 2.75) is 0 Å². The fraction of sp³-hybridized carbons (Fsp3) is 0.250. The molecule has 0 heterocycles. The largest absolute Gasteiger partial charge is 0.395 e. The van der Waals surface area contributed by atoms with E-state index in [0.29, 0.717) is 12.2 Å². The van der Waals surface area contributed by atoms with E-state index >= 15 is 0 Å². The van der Waals surface area contributed by atoms with E-state index < -0.39 is 4.92 Å². The minimum absolute atomic E-state index is 0.120. The molecule has 0 aliphatic heterocycles. The molecule has 6 nitrogen and oxygen atoms in total. The highest BCUT2D eigenvalue weighted by Gasteiger charge is 2.19. The Kier molecular flexibility index (Phi) is 4.84. The van der Waals surface area contributed by atoms with Gasteiger partial charge in [0.25, 0.3) is 5.69 Å². The number of rotatable bonds is 6. The minimum atomic E-state index is -0.538. The zero-order valence-electron chi connectivity index (χ0n) is 9.74. The maximum Gasteiger partial charge on any atom is 0.293 e. The summed E-state index contributed by atoms with van der Waals surface area (Å²) >= 11 is 0. The molecule has 1 N–H and O–H groups in total. The molecule has 0 amide bonds. The summed E-state index contributed by atoms with van der Waals surface area (Å²) in [5, 5.41) is 28.7. The molecule has 1 aromatic rings. The SMILES string of the molecule is C=CCN(CCO)c1ccc(C#N)cc1[N+](=O)[O-]. The van der Waals surface area contributed by atoms with E-state index in [4.69, 9.17) is 10.4 Å². The number of anilines is 1. The van der Waals surface area contributed by atoms with Crippen LogP contribution in [-0.4, -0.2) is 29.7 Å². The molecular weight excluding hydrogens is 234 g/mol. The van der Waals surface area contributed by atoms with E-state index in [-0.39, 0.29) is 24.4 Å². The Bertz CT molecular complexity index is 494. The topological polar surface area (TPSA) is 90.4 Å². The van der Waals surface area contributed by atoms with Crippen LogP contribution in [0.15, 0.2) is 30.9 Å². The van der Waals surface area contributed by atoms with Gasteiger partial charge in [0.1, 0.15) is 5.69 Å². The summed E-state index contributed by atoms with van der Waals surface area (Å²) in [4.78, 5) is 12.1. The molecule has 0 radical (unpaired) electrons. The smallest absolute Gasteiger partial charge is 0.293 e. The predicted octanol–water partition coefficient (Wildman–Crippen LogP) is 1.45. The summed E-state index contributed by atoms with van der Waals surface area (Å²) in [6, 6.07) is 6.10. The number of hydrogen-bond acceptors (Lipinski definition) is 5. The second kappa shape index (κ2) is 6.37. The van der Waals surface area contributed by atoms with Gasteiger partial charge in [-0.05, 0) is 12.1 Å². The lowest BCUT2D eigenvalue weighted by molar-refractivity contribution is -0.384. The number of benzene rings is 1. The zero-order chi connectivity index (χ0) is 13.5. The first-order valence-corrected chi connectivity index (χ1v) is 5.29. The Morgan fingerprint density at radius 3 is 2.83 bits per heavy atom. The lowest BCUT2D eigenvalue weighted by Crippen LogP contribution is -2.27. The van der Waals surface area contributed by atoms with E-state index in [1.54, 1.807) is 11.0 Å². The van der Waals surface area contributed by atoms with E-state index in [1.165, 1.54) is 18.2 Å². The standard InChI is InChI=1S/C12H13N3O3/c1-2-5-14(6-7-16)11-4-3-10(9-13)8-12(11)15(17)18/h2-4,8,16H,1,5-7H2. The molecule has 0 atom stereocenters. The Hall–Kier alpha value is -2.39. The van der Waals surface area contributed by atoms with Crippen LogP contribution < -0.4 is 4.90 Å². The van der Waals surface area contributed by atoms with Crippen molar-refractivity contribution in [3.63, 3.8) is 0 Å². The number of hydrogen-bond donors (Lipinski definition) is 1.